The molecule has 0 aliphatic carbocycles. The number of benzene rings is 1. The average Bonchev–Trinajstić information content (AvgIpc) is 2.02. The molecule has 0 aromatic heterocycles. The lowest BCUT2D eigenvalue weighted by Gasteiger charge is -1.93. The summed E-state index contributed by atoms with van der Waals surface area (Å²) in [5.41, 5.74) is 3.49. The molecule has 0 unspecified atom stereocenters. The molecule has 0 bridgehead atoms. The molecule has 0 saturated carbocycles. The summed E-state index contributed by atoms with van der Waals surface area (Å²) in [7, 11) is 0. The fourth-order valence-corrected chi connectivity index (χ4v) is 1.38. The Bertz CT molecular complexity index is 305. The second-order valence-electron chi connectivity index (χ2n) is 2.11. The van der Waals surface area contributed by atoms with Gasteiger partial charge in [0.15, 0.2) is 0 Å². The summed E-state index contributed by atoms with van der Waals surface area (Å²) in [6.07, 6.45) is 0. The first-order valence-electron chi connectivity index (χ1n) is 3.23. The average molecular weight is 236 g/mol. The molecule has 0 aliphatic heterocycles. The van der Waals surface area contributed by atoms with Crippen molar-refractivity contribution in [3.63, 3.8) is 0 Å². The van der Waals surface area contributed by atoms with Crippen molar-refractivity contribution in [2.24, 2.45) is 0 Å². The molecule has 0 atom stereocenters. The predicted molar refractivity (Wildman–Crippen MR) is 56.6 cm³/mol. The van der Waals surface area contributed by atoms with E-state index in [1.54, 1.807) is 0 Å². The van der Waals surface area contributed by atoms with E-state index in [4.69, 9.17) is 33.2 Å². The van der Waals surface area contributed by atoms with Crippen LogP contribution in [0.3, 0.4) is 0 Å². The maximum absolute atomic E-state index is 5.58. The largest absolute Gasteiger partial charge is 0.422 e. The maximum Gasteiger partial charge on any atom is 0.422 e. The van der Waals surface area contributed by atoms with Gasteiger partial charge in [-0.25, -0.2) is 0 Å². The molecule has 0 aliphatic rings. The Balaban J connectivity index is 2.81. The molecular weight excluding hydrogens is 231 g/mol. The number of rotatable bonds is 0. The molecule has 0 fully saturated rings. The van der Waals surface area contributed by atoms with Crippen LogP contribution in [0.2, 0.25) is 0 Å². The third-order valence-electron chi connectivity index (χ3n) is 1.12. The third-order valence-corrected chi connectivity index (χ3v) is 2.38. The molecule has 0 N–H and O–H groups in total. The Kier molecular flexibility index (Phi) is 3.48. The number of hydrogen-bond acceptors (Lipinski definition) is 0. The zero-order valence-electron chi connectivity index (χ0n) is 6.02. The smallest absolute Gasteiger partial charge is 0.113 e. The molecular formula is C8H5Cl3Si. The van der Waals surface area contributed by atoms with Gasteiger partial charge >= 0.3 is 6.00 Å². The number of hydrogen-bond donors (Lipinski definition) is 0. The molecule has 0 nitrogen and oxygen atoms in total. The zero-order valence-corrected chi connectivity index (χ0v) is 9.29. The molecule has 0 saturated heterocycles. The first-order valence-corrected chi connectivity index (χ1v) is 8.26. The van der Waals surface area contributed by atoms with E-state index in [-0.39, 0.29) is 0 Å². The van der Waals surface area contributed by atoms with Crippen molar-refractivity contribution < 1.29 is 0 Å². The summed E-state index contributed by atoms with van der Waals surface area (Å²) in [5.74, 6) is 2.80. The summed E-state index contributed by atoms with van der Waals surface area (Å²) in [6, 6.07) is 6.66. The van der Waals surface area contributed by atoms with E-state index < -0.39 is 6.00 Å². The van der Waals surface area contributed by atoms with Crippen LogP contribution in [0.5, 0.6) is 0 Å². The molecule has 0 amide bonds. The van der Waals surface area contributed by atoms with Crippen molar-refractivity contribution in [2.75, 3.05) is 0 Å². The van der Waals surface area contributed by atoms with Gasteiger partial charge in [0.1, 0.15) is 0 Å². The third kappa shape index (κ3) is 4.03. The van der Waals surface area contributed by atoms with E-state index in [9.17, 15) is 0 Å². The van der Waals surface area contributed by atoms with E-state index in [2.05, 4.69) is 11.5 Å². The van der Waals surface area contributed by atoms with Crippen LogP contribution in [-0.2, 0) is 0 Å². The molecule has 0 heterocycles. The van der Waals surface area contributed by atoms with E-state index >= 15 is 0 Å². The molecule has 4 heteroatoms. The summed E-state index contributed by atoms with van der Waals surface area (Å²) in [6.45, 7) is 0. The summed E-state index contributed by atoms with van der Waals surface area (Å²) in [5, 5.41) is 0. The first kappa shape index (κ1) is 9.95. The lowest BCUT2D eigenvalue weighted by molar-refractivity contribution is 1.65. The maximum atomic E-state index is 5.58. The highest BCUT2D eigenvalue weighted by atomic mass is 35.8. The van der Waals surface area contributed by atoms with Crippen molar-refractivity contribution in [1.82, 2.24) is 0 Å². The fourth-order valence-electron chi connectivity index (χ4n) is 0.665. The van der Waals surface area contributed by atoms with Crippen LogP contribution < -0.4 is 0 Å². The Morgan fingerprint density at radius 2 is 1.58 bits per heavy atom. The van der Waals surface area contributed by atoms with Crippen molar-refractivity contribution >= 4 is 39.2 Å². The topological polar surface area (TPSA) is 0 Å². The summed E-state index contributed by atoms with van der Waals surface area (Å²) >= 11 is 16.7. The van der Waals surface area contributed by atoms with Crippen LogP contribution in [0.15, 0.2) is 30.3 Å². The SMILES string of the molecule is Cl[Si](Cl)(Cl)C#Cc1ccccc1. The highest BCUT2D eigenvalue weighted by molar-refractivity contribution is 7.67. The van der Waals surface area contributed by atoms with Gasteiger partial charge in [0.05, 0.1) is 0 Å². The van der Waals surface area contributed by atoms with Gasteiger partial charge in [-0.2, -0.15) is 0 Å². The fraction of sp³-hybridized carbons (Fsp3) is 0. The van der Waals surface area contributed by atoms with E-state index in [1.807, 2.05) is 30.3 Å². The number of halogens is 3. The lowest BCUT2D eigenvalue weighted by Crippen LogP contribution is -2.04. The van der Waals surface area contributed by atoms with Gasteiger partial charge in [-0.15, -0.1) is 33.2 Å². The Hall–Kier alpha value is -0.133. The predicted octanol–water partition coefficient (Wildman–Crippen LogP) is 3.23. The van der Waals surface area contributed by atoms with Gasteiger partial charge in [0, 0.05) is 5.56 Å². The second-order valence-corrected chi connectivity index (χ2v) is 10.2. The molecule has 62 valence electrons. The molecule has 0 radical (unpaired) electrons. The first-order chi connectivity index (χ1) is 5.58. The second kappa shape index (κ2) is 4.20. The zero-order chi connectivity index (χ0) is 9.03. The minimum absolute atomic E-state index is 0.872. The summed E-state index contributed by atoms with van der Waals surface area (Å²) < 4.78 is 0. The van der Waals surface area contributed by atoms with Gasteiger partial charge in [0.25, 0.3) is 0 Å². The van der Waals surface area contributed by atoms with Gasteiger partial charge < -0.3 is 0 Å². The van der Waals surface area contributed by atoms with E-state index in [1.165, 1.54) is 0 Å². The molecule has 1 aromatic carbocycles. The summed E-state index contributed by atoms with van der Waals surface area (Å²) in [4.78, 5) is 0. The minimum Gasteiger partial charge on any atom is -0.113 e. The minimum atomic E-state index is -2.78. The molecule has 1 aromatic rings. The standard InChI is InChI=1S/C8H5Cl3Si/c9-12(10,11)7-6-8-4-2-1-3-5-8/h1-5H. The van der Waals surface area contributed by atoms with E-state index in [0.29, 0.717) is 0 Å². The van der Waals surface area contributed by atoms with Crippen LogP contribution in [0.1, 0.15) is 5.56 Å². The van der Waals surface area contributed by atoms with Crippen LogP contribution in [-0.4, -0.2) is 6.00 Å². The molecule has 12 heavy (non-hydrogen) atoms. The van der Waals surface area contributed by atoms with Crippen LogP contribution in [0, 0.1) is 11.5 Å². The van der Waals surface area contributed by atoms with Crippen LogP contribution >= 0.6 is 33.2 Å². The van der Waals surface area contributed by atoms with E-state index in [0.717, 1.165) is 5.56 Å². The normalized spacial score (nSPS) is 10.2. The highest BCUT2D eigenvalue weighted by Crippen LogP contribution is 2.17. The Morgan fingerprint density at radius 3 is 2.08 bits per heavy atom. The van der Waals surface area contributed by atoms with Gasteiger partial charge in [-0.1, -0.05) is 29.7 Å². The van der Waals surface area contributed by atoms with Gasteiger partial charge in [-0.3, -0.25) is 0 Å². The highest BCUT2D eigenvalue weighted by Gasteiger charge is 2.20. The van der Waals surface area contributed by atoms with Crippen molar-refractivity contribution in [3.8, 4) is 11.5 Å². The van der Waals surface area contributed by atoms with Crippen molar-refractivity contribution in [2.45, 2.75) is 0 Å². The van der Waals surface area contributed by atoms with Gasteiger partial charge in [-0.05, 0) is 12.1 Å². The molecule has 1 rings (SSSR count). The van der Waals surface area contributed by atoms with Gasteiger partial charge in [0.2, 0.25) is 0 Å². The van der Waals surface area contributed by atoms with Crippen LogP contribution in [0.25, 0.3) is 0 Å². The molecule has 0 spiro atoms. The monoisotopic (exact) mass is 234 g/mol. The Labute approximate surface area is 86.6 Å². The van der Waals surface area contributed by atoms with Crippen LogP contribution in [0.4, 0.5) is 0 Å². The quantitative estimate of drug-likeness (QED) is 0.368. The van der Waals surface area contributed by atoms with Crippen molar-refractivity contribution in [1.29, 1.82) is 0 Å². The Morgan fingerprint density at radius 1 is 1.00 bits per heavy atom. The van der Waals surface area contributed by atoms with Crippen molar-refractivity contribution in [3.05, 3.63) is 35.9 Å². The lowest BCUT2D eigenvalue weighted by atomic mass is 10.2.